The van der Waals surface area contributed by atoms with Crippen LogP contribution < -0.4 is 10.1 Å². The van der Waals surface area contributed by atoms with Gasteiger partial charge >= 0.3 is 0 Å². The average molecular weight is 290 g/mol. The van der Waals surface area contributed by atoms with Gasteiger partial charge < -0.3 is 10.1 Å². The zero-order valence-corrected chi connectivity index (χ0v) is 13.4. The third-order valence-corrected chi connectivity index (χ3v) is 4.22. The lowest BCUT2D eigenvalue weighted by molar-refractivity contribution is 0.414. The lowest BCUT2D eigenvalue weighted by Gasteiger charge is -2.03. The minimum absolute atomic E-state index is 0.466. The number of nitrogens with zero attached hydrogens (tertiary/aromatic N) is 1. The van der Waals surface area contributed by atoms with Gasteiger partial charge in [-0.05, 0) is 30.7 Å². The second-order valence-electron chi connectivity index (χ2n) is 5.13. The van der Waals surface area contributed by atoms with Gasteiger partial charge in [0.15, 0.2) is 0 Å². The van der Waals surface area contributed by atoms with Crippen molar-refractivity contribution in [3.8, 4) is 5.75 Å². The van der Waals surface area contributed by atoms with E-state index in [1.54, 1.807) is 18.4 Å². The van der Waals surface area contributed by atoms with Crippen LogP contribution in [0.3, 0.4) is 0 Å². The van der Waals surface area contributed by atoms with Crippen molar-refractivity contribution >= 4 is 11.3 Å². The summed E-state index contributed by atoms with van der Waals surface area (Å²) in [4.78, 5) is 6.16. The van der Waals surface area contributed by atoms with E-state index in [4.69, 9.17) is 9.72 Å². The fourth-order valence-corrected chi connectivity index (χ4v) is 3.45. The van der Waals surface area contributed by atoms with E-state index in [-0.39, 0.29) is 0 Å². The van der Waals surface area contributed by atoms with E-state index >= 15 is 0 Å². The summed E-state index contributed by atoms with van der Waals surface area (Å²) in [6, 6.07) is 8.20. The van der Waals surface area contributed by atoms with E-state index < -0.39 is 0 Å². The molecule has 0 fully saturated rings. The van der Waals surface area contributed by atoms with Crippen LogP contribution in [0.1, 0.15) is 40.9 Å². The Labute approximate surface area is 125 Å². The molecule has 0 aliphatic heterocycles. The Bertz CT molecular complexity index is 563. The van der Waals surface area contributed by atoms with Gasteiger partial charge in [-0.25, -0.2) is 4.98 Å². The van der Waals surface area contributed by atoms with Gasteiger partial charge in [0, 0.05) is 17.8 Å². The van der Waals surface area contributed by atoms with Gasteiger partial charge in [-0.2, -0.15) is 0 Å². The molecule has 0 atom stereocenters. The Morgan fingerprint density at radius 3 is 2.80 bits per heavy atom. The van der Waals surface area contributed by atoms with Crippen LogP contribution in [0.25, 0.3) is 0 Å². The highest BCUT2D eigenvalue weighted by atomic mass is 32.1. The molecule has 2 rings (SSSR count). The second kappa shape index (κ2) is 6.86. The largest absolute Gasteiger partial charge is 0.497 e. The normalized spacial score (nSPS) is 11.1. The minimum atomic E-state index is 0.466. The number of thiazole rings is 1. The molecule has 0 radical (unpaired) electrons. The van der Waals surface area contributed by atoms with Gasteiger partial charge in [0.1, 0.15) is 5.75 Å². The van der Waals surface area contributed by atoms with Crippen LogP contribution in [-0.4, -0.2) is 19.1 Å². The molecule has 0 saturated heterocycles. The molecule has 0 aliphatic rings. The highest BCUT2D eigenvalue weighted by Crippen LogP contribution is 2.27. The molecular weight excluding hydrogens is 268 g/mol. The average Bonchev–Trinajstić information content (AvgIpc) is 2.82. The number of methoxy groups -OCH3 is 1. The smallest absolute Gasteiger partial charge is 0.119 e. The standard InChI is InChI=1S/C16H22N2OS/c1-11(2)16-14(10-17-3)20-15(18-16)9-12-6-5-7-13(8-12)19-4/h5-8,11,17H,9-10H2,1-4H3. The van der Waals surface area contributed by atoms with Gasteiger partial charge in [-0.15, -0.1) is 11.3 Å². The maximum atomic E-state index is 5.27. The second-order valence-corrected chi connectivity index (χ2v) is 6.30. The number of rotatable bonds is 6. The Morgan fingerprint density at radius 1 is 1.35 bits per heavy atom. The number of hydrogen-bond acceptors (Lipinski definition) is 4. The van der Waals surface area contributed by atoms with Gasteiger partial charge in [-0.3, -0.25) is 0 Å². The lowest BCUT2D eigenvalue weighted by atomic mass is 10.1. The van der Waals surface area contributed by atoms with Crippen molar-refractivity contribution in [2.45, 2.75) is 32.7 Å². The first kappa shape index (κ1) is 15.0. The van der Waals surface area contributed by atoms with E-state index in [9.17, 15) is 0 Å². The van der Waals surface area contributed by atoms with E-state index in [2.05, 4.69) is 31.3 Å². The van der Waals surface area contributed by atoms with Gasteiger partial charge in [0.2, 0.25) is 0 Å². The van der Waals surface area contributed by atoms with Crippen LogP contribution in [0, 0.1) is 0 Å². The predicted molar refractivity (Wildman–Crippen MR) is 84.8 cm³/mol. The first-order chi connectivity index (χ1) is 9.63. The Hall–Kier alpha value is -1.39. The SMILES string of the molecule is CNCc1sc(Cc2cccc(OC)c2)nc1C(C)C. The van der Waals surface area contributed by atoms with E-state index in [0.29, 0.717) is 5.92 Å². The molecule has 1 aromatic carbocycles. The van der Waals surface area contributed by atoms with Crippen molar-refractivity contribution in [2.75, 3.05) is 14.2 Å². The van der Waals surface area contributed by atoms with Crippen molar-refractivity contribution in [3.63, 3.8) is 0 Å². The van der Waals surface area contributed by atoms with Gasteiger partial charge in [0.25, 0.3) is 0 Å². The van der Waals surface area contributed by atoms with Crippen LogP contribution in [0.2, 0.25) is 0 Å². The molecule has 1 aromatic heterocycles. The van der Waals surface area contributed by atoms with Crippen LogP contribution in [0.5, 0.6) is 5.75 Å². The van der Waals surface area contributed by atoms with Crippen LogP contribution in [0.15, 0.2) is 24.3 Å². The zero-order chi connectivity index (χ0) is 14.5. The number of ether oxygens (including phenoxy) is 1. The van der Waals surface area contributed by atoms with E-state index in [0.717, 1.165) is 18.7 Å². The summed E-state index contributed by atoms with van der Waals surface area (Å²) < 4.78 is 5.27. The first-order valence-electron chi connectivity index (χ1n) is 6.90. The highest BCUT2D eigenvalue weighted by molar-refractivity contribution is 7.11. The van der Waals surface area contributed by atoms with E-state index in [1.807, 2.05) is 19.2 Å². The molecule has 0 saturated carbocycles. The van der Waals surface area contributed by atoms with Crippen LogP contribution in [-0.2, 0) is 13.0 Å². The van der Waals surface area contributed by atoms with Crippen molar-refractivity contribution in [2.24, 2.45) is 0 Å². The predicted octanol–water partition coefficient (Wildman–Crippen LogP) is 3.59. The number of nitrogens with one attached hydrogen (secondary N) is 1. The number of benzene rings is 1. The molecule has 0 bridgehead atoms. The molecule has 1 N–H and O–H groups in total. The van der Waals surface area contributed by atoms with Crippen LogP contribution in [0.4, 0.5) is 0 Å². The minimum Gasteiger partial charge on any atom is -0.497 e. The van der Waals surface area contributed by atoms with Crippen molar-refractivity contribution < 1.29 is 4.74 Å². The van der Waals surface area contributed by atoms with Crippen molar-refractivity contribution in [1.82, 2.24) is 10.3 Å². The van der Waals surface area contributed by atoms with E-state index in [1.165, 1.54) is 21.1 Å². The maximum Gasteiger partial charge on any atom is 0.119 e. The summed E-state index contributed by atoms with van der Waals surface area (Å²) in [5.41, 5.74) is 2.46. The molecule has 3 nitrogen and oxygen atoms in total. The Morgan fingerprint density at radius 2 is 2.15 bits per heavy atom. The molecular formula is C16H22N2OS. The highest BCUT2D eigenvalue weighted by Gasteiger charge is 2.14. The molecule has 108 valence electrons. The zero-order valence-electron chi connectivity index (χ0n) is 12.6. The fourth-order valence-electron chi connectivity index (χ4n) is 2.18. The lowest BCUT2D eigenvalue weighted by Crippen LogP contribution is -2.06. The molecule has 2 aromatic rings. The Balaban J connectivity index is 2.22. The van der Waals surface area contributed by atoms with Crippen LogP contribution >= 0.6 is 11.3 Å². The summed E-state index contributed by atoms with van der Waals surface area (Å²) in [7, 11) is 3.68. The topological polar surface area (TPSA) is 34.1 Å². The summed E-state index contributed by atoms with van der Waals surface area (Å²) in [6.45, 7) is 5.29. The monoisotopic (exact) mass is 290 g/mol. The number of hydrogen-bond donors (Lipinski definition) is 1. The number of aromatic nitrogens is 1. The fraction of sp³-hybridized carbons (Fsp3) is 0.438. The van der Waals surface area contributed by atoms with Gasteiger partial charge in [0.05, 0.1) is 17.8 Å². The first-order valence-corrected chi connectivity index (χ1v) is 7.71. The molecule has 0 unspecified atom stereocenters. The Kier molecular flexibility index (Phi) is 5.15. The quantitative estimate of drug-likeness (QED) is 0.883. The summed E-state index contributed by atoms with van der Waals surface area (Å²) >= 11 is 1.81. The maximum absolute atomic E-state index is 5.27. The van der Waals surface area contributed by atoms with Crippen molar-refractivity contribution in [3.05, 3.63) is 45.4 Å². The van der Waals surface area contributed by atoms with Crippen molar-refractivity contribution in [1.29, 1.82) is 0 Å². The van der Waals surface area contributed by atoms with Gasteiger partial charge in [-0.1, -0.05) is 26.0 Å². The molecule has 4 heteroatoms. The molecule has 0 spiro atoms. The molecule has 20 heavy (non-hydrogen) atoms. The molecule has 0 aliphatic carbocycles. The third-order valence-electron chi connectivity index (χ3n) is 3.15. The summed E-state index contributed by atoms with van der Waals surface area (Å²) in [6.07, 6.45) is 0.866. The molecule has 0 amide bonds. The third kappa shape index (κ3) is 3.58. The summed E-state index contributed by atoms with van der Waals surface area (Å²) in [5, 5.41) is 4.40. The molecule has 1 heterocycles. The summed E-state index contributed by atoms with van der Waals surface area (Å²) in [5.74, 6) is 1.37.